The smallest absolute Gasteiger partial charge is 0.323 e. The zero-order valence-electron chi connectivity index (χ0n) is 19.0. The van der Waals surface area contributed by atoms with Gasteiger partial charge in [0.2, 0.25) is 0 Å². The molecule has 1 aliphatic carbocycles. The molecule has 0 spiro atoms. The number of ether oxygens (including phenoxy) is 3. The Morgan fingerprint density at radius 1 is 1.00 bits per heavy atom. The van der Waals surface area contributed by atoms with E-state index in [-0.39, 0.29) is 12.3 Å². The van der Waals surface area contributed by atoms with Crippen LogP contribution in [0.4, 0.5) is 0 Å². The number of carbonyl (C=O) groups is 2. The third-order valence-corrected chi connectivity index (χ3v) is 7.46. The highest BCUT2D eigenvalue weighted by atomic mass is 16.6. The minimum atomic E-state index is -1.44. The van der Waals surface area contributed by atoms with Crippen molar-refractivity contribution >= 4 is 11.9 Å². The molecule has 1 saturated heterocycles. The average molecular weight is 427 g/mol. The number of rotatable bonds is 4. The number of benzene rings is 1. The first-order valence-corrected chi connectivity index (χ1v) is 10.6. The second kappa shape index (κ2) is 7.23. The van der Waals surface area contributed by atoms with E-state index in [4.69, 9.17) is 18.6 Å². The van der Waals surface area contributed by atoms with Crippen LogP contribution in [0.15, 0.2) is 40.8 Å². The summed E-state index contributed by atoms with van der Waals surface area (Å²) in [5.74, 6) is -0.173. The van der Waals surface area contributed by atoms with Crippen LogP contribution in [0.2, 0.25) is 0 Å². The molecule has 6 heteroatoms. The van der Waals surface area contributed by atoms with E-state index in [0.29, 0.717) is 6.42 Å². The topological polar surface area (TPSA) is 75.0 Å². The summed E-state index contributed by atoms with van der Waals surface area (Å²) in [6.45, 7) is 7.83. The Kier molecular flexibility index (Phi) is 5.04. The molecule has 2 fully saturated rings. The molecule has 0 radical (unpaired) electrons. The predicted octanol–water partition coefficient (Wildman–Crippen LogP) is 4.43. The number of furan rings is 1. The van der Waals surface area contributed by atoms with Gasteiger partial charge in [-0.15, -0.1) is 0 Å². The molecule has 2 heterocycles. The van der Waals surface area contributed by atoms with Crippen molar-refractivity contribution in [3.05, 3.63) is 59.0 Å². The summed E-state index contributed by atoms with van der Waals surface area (Å²) >= 11 is 0. The average Bonchev–Trinajstić information content (AvgIpc) is 3.33. The second-order valence-corrected chi connectivity index (χ2v) is 9.22. The van der Waals surface area contributed by atoms with Crippen LogP contribution in [0.3, 0.4) is 0 Å². The van der Waals surface area contributed by atoms with Crippen LogP contribution >= 0.6 is 0 Å². The fourth-order valence-electron chi connectivity index (χ4n) is 6.19. The lowest BCUT2D eigenvalue weighted by Crippen LogP contribution is -2.47. The molecule has 0 bridgehead atoms. The van der Waals surface area contributed by atoms with Crippen LogP contribution < -0.4 is 0 Å². The van der Waals surface area contributed by atoms with Crippen LogP contribution in [-0.2, 0) is 29.4 Å². The standard InChI is InChI=1S/C25H30O6/c1-15-12-18(16(2)30-15)23(3)14-20-24(4,31-23)19(17-10-8-7-9-11-17)13-25(20,21(26)28-5)22(27)29-6/h7-12,19-20H,13-14H2,1-6H3/t19-,20+,23?,24+/m0/s1. The van der Waals surface area contributed by atoms with E-state index >= 15 is 0 Å². The van der Waals surface area contributed by atoms with Gasteiger partial charge in [0.15, 0.2) is 5.41 Å². The van der Waals surface area contributed by atoms with Gasteiger partial charge in [0.25, 0.3) is 0 Å². The number of hydrogen-bond acceptors (Lipinski definition) is 6. The zero-order valence-corrected chi connectivity index (χ0v) is 19.0. The Hall–Kier alpha value is -2.60. The van der Waals surface area contributed by atoms with Gasteiger partial charge in [-0.2, -0.15) is 0 Å². The second-order valence-electron chi connectivity index (χ2n) is 9.22. The van der Waals surface area contributed by atoms with E-state index in [1.165, 1.54) is 14.2 Å². The maximum absolute atomic E-state index is 13.2. The summed E-state index contributed by atoms with van der Waals surface area (Å²) in [4.78, 5) is 26.4. The Balaban J connectivity index is 1.91. The highest BCUT2D eigenvalue weighted by Gasteiger charge is 2.74. The minimum absolute atomic E-state index is 0.188. The van der Waals surface area contributed by atoms with Crippen LogP contribution in [0.25, 0.3) is 0 Å². The molecule has 0 amide bonds. The highest BCUT2D eigenvalue weighted by Crippen LogP contribution is 2.67. The normalized spacial score (nSPS) is 31.3. The van der Waals surface area contributed by atoms with E-state index < -0.39 is 34.5 Å². The number of esters is 2. The van der Waals surface area contributed by atoms with Crippen molar-refractivity contribution in [3.63, 3.8) is 0 Å². The van der Waals surface area contributed by atoms with Crippen molar-refractivity contribution in [2.24, 2.45) is 11.3 Å². The number of hydrogen-bond donors (Lipinski definition) is 0. The number of aryl methyl sites for hydroxylation is 2. The van der Waals surface area contributed by atoms with Crippen molar-refractivity contribution in [2.45, 2.75) is 57.7 Å². The molecule has 4 atom stereocenters. The maximum atomic E-state index is 13.2. The van der Waals surface area contributed by atoms with E-state index in [2.05, 4.69) is 0 Å². The fraction of sp³-hybridized carbons (Fsp3) is 0.520. The Morgan fingerprint density at radius 2 is 1.61 bits per heavy atom. The number of carbonyl (C=O) groups excluding carboxylic acids is 2. The molecule has 1 aromatic heterocycles. The van der Waals surface area contributed by atoms with Crippen molar-refractivity contribution in [3.8, 4) is 0 Å². The molecule has 2 aromatic rings. The van der Waals surface area contributed by atoms with Crippen molar-refractivity contribution in [1.82, 2.24) is 0 Å². The first kappa shape index (κ1) is 21.6. The molecule has 1 aliphatic heterocycles. The molecule has 6 nitrogen and oxygen atoms in total. The summed E-state index contributed by atoms with van der Waals surface area (Å²) in [5, 5.41) is 0. The molecule has 0 N–H and O–H groups in total. The molecular weight excluding hydrogens is 396 g/mol. The van der Waals surface area contributed by atoms with Gasteiger partial charge in [0, 0.05) is 17.4 Å². The van der Waals surface area contributed by atoms with Gasteiger partial charge in [0.1, 0.15) is 11.5 Å². The lowest BCUT2D eigenvalue weighted by molar-refractivity contribution is -0.173. The first-order valence-electron chi connectivity index (χ1n) is 10.6. The van der Waals surface area contributed by atoms with Gasteiger partial charge in [-0.25, -0.2) is 0 Å². The van der Waals surface area contributed by atoms with Crippen molar-refractivity contribution in [1.29, 1.82) is 0 Å². The first-order chi connectivity index (χ1) is 14.6. The quantitative estimate of drug-likeness (QED) is 0.532. The molecule has 166 valence electrons. The van der Waals surface area contributed by atoms with Crippen LogP contribution in [0, 0.1) is 25.2 Å². The third-order valence-electron chi connectivity index (χ3n) is 7.46. The third kappa shape index (κ3) is 2.95. The van der Waals surface area contributed by atoms with Crippen LogP contribution in [0.1, 0.15) is 55.3 Å². The number of fused-ring (bicyclic) bond motifs is 1. The molecule has 1 saturated carbocycles. The molecule has 1 unspecified atom stereocenters. The highest BCUT2D eigenvalue weighted by molar-refractivity contribution is 6.01. The zero-order chi connectivity index (χ0) is 22.6. The summed E-state index contributed by atoms with van der Waals surface area (Å²) in [7, 11) is 2.64. The summed E-state index contributed by atoms with van der Waals surface area (Å²) < 4.78 is 23.0. The summed E-state index contributed by atoms with van der Waals surface area (Å²) in [6.07, 6.45) is 0.744. The van der Waals surface area contributed by atoms with Crippen LogP contribution in [-0.4, -0.2) is 31.8 Å². The summed E-state index contributed by atoms with van der Waals surface area (Å²) in [6, 6.07) is 11.9. The van der Waals surface area contributed by atoms with Crippen molar-refractivity contribution < 1.29 is 28.2 Å². The van der Waals surface area contributed by atoms with Gasteiger partial charge < -0.3 is 18.6 Å². The summed E-state index contributed by atoms with van der Waals surface area (Å²) in [5.41, 5.74) is -0.980. The lowest BCUT2D eigenvalue weighted by atomic mass is 9.70. The van der Waals surface area contributed by atoms with Gasteiger partial charge in [-0.1, -0.05) is 30.3 Å². The Morgan fingerprint density at radius 3 is 2.13 bits per heavy atom. The van der Waals surface area contributed by atoms with Crippen molar-refractivity contribution in [2.75, 3.05) is 14.2 Å². The van der Waals surface area contributed by atoms with Gasteiger partial charge in [-0.3, -0.25) is 9.59 Å². The lowest BCUT2D eigenvalue weighted by Gasteiger charge is -2.35. The largest absolute Gasteiger partial charge is 0.468 e. The van der Waals surface area contributed by atoms with E-state index in [1.807, 2.05) is 64.1 Å². The van der Waals surface area contributed by atoms with Crippen LogP contribution in [0.5, 0.6) is 0 Å². The molecule has 31 heavy (non-hydrogen) atoms. The minimum Gasteiger partial charge on any atom is -0.468 e. The van der Waals surface area contributed by atoms with E-state index in [9.17, 15) is 9.59 Å². The Labute approximate surface area is 182 Å². The Bertz CT molecular complexity index is 992. The van der Waals surface area contributed by atoms with Gasteiger partial charge in [0.05, 0.1) is 25.4 Å². The molecule has 2 aliphatic rings. The van der Waals surface area contributed by atoms with Gasteiger partial charge in [-0.05, 0) is 52.2 Å². The molecule has 4 rings (SSSR count). The van der Waals surface area contributed by atoms with E-state index in [0.717, 1.165) is 22.6 Å². The predicted molar refractivity (Wildman–Crippen MR) is 113 cm³/mol. The van der Waals surface area contributed by atoms with Gasteiger partial charge >= 0.3 is 11.9 Å². The fourth-order valence-corrected chi connectivity index (χ4v) is 6.19. The molecule has 1 aromatic carbocycles. The SMILES string of the molecule is COC(=O)C1(C(=O)OC)C[C@@H](c2ccccc2)[C@@]2(C)OC(C)(c3cc(C)oc3C)C[C@@H]12. The van der Waals surface area contributed by atoms with E-state index in [1.54, 1.807) is 0 Å². The maximum Gasteiger partial charge on any atom is 0.323 e. The monoisotopic (exact) mass is 426 g/mol. The number of methoxy groups -OCH3 is 2. The molecular formula is C25H30O6.